The molecule has 0 aromatic heterocycles. The molecule has 1 aliphatic rings. The van der Waals surface area contributed by atoms with Crippen molar-refractivity contribution in [3.05, 3.63) is 63.2 Å². The fourth-order valence-electron chi connectivity index (χ4n) is 3.66. The van der Waals surface area contributed by atoms with Crippen molar-refractivity contribution in [2.24, 2.45) is 0 Å². The van der Waals surface area contributed by atoms with E-state index in [0.29, 0.717) is 16.8 Å². The van der Waals surface area contributed by atoms with E-state index in [1.165, 1.54) is 18.2 Å². The maximum atomic E-state index is 13.5. The van der Waals surface area contributed by atoms with E-state index in [4.69, 9.17) is 4.74 Å². The molecule has 2 aromatic rings. The Labute approximate surface area is 160 Å². The molecule has 0 atom stereocenters. The Bertz CT molecular complexity index is 862. The van der Waals surface area contributed by atoms with Gasteiger partial charge in [0.2, 0.25) is 0 Å². The van der Waals surface area contributed by atoms with E-state index in [-0.39, 0.29) is 24.0 Å². The number of alkyl halides is 3. The van der Waals surface area contributed by atoms with E-state index in [0.717, 1.165) is 31.7 Å². The molecule has 1 fully saturated rings. The van der Waals surface area contributed by atoms with Crippen LogP contribution in [-0.4, -0.2) is 12.0 Å². The number of hydrogen-bond acceptors (Lipinski definition) is 4. The molecule has 0 saturated heterocycles. The standard InChI is InChI=1S/C20H21F3N2O3/c1-24-18-9-7-15(11-19(18)25(26)27)28-12-13-6-8-16(14-4-2-3-5-14)17(10-13)20(21,22)23/h6-11,14,24H,2-5,12H2,1H3. The third-order valence-electron chi connectivity index (χ3n) is 5.06. The van der Waals surface area contributed by atoms with Gasteiger partial charge in [0, 0.05) is 7.05 Å². The Morgan fingerprint density at radius 3 is 2.50 bits per heavy atom. The van der Waals surface area contributed by atoms with Crippen LogP contribution in [0.15, 0.2) is 36.4 Å². The van der Waals surface area contributed by atoms with E-state index in [1.807, 2.05) is 0 Å². The normalized spacial score (nSPS) is 14.9. The number of nitrogens with zero attached hydrogens (tertiary/aromatic N) is 1. The third kappa shape index (κ3) is 4.37. The molecule has 1 saturated carbocycles. The molecule has 0 heterocycles. The van der Waals surface area contributed by atoms with Crippen LogP contribution in [-0.2, 0) is 12.8 Å². The minimum absolute atomic E-state index is 0.0525. The van der Waals surface area contributed by atoms with Gasteiger partial charge in [0.25, 0.3) is 5.69 Å². The van der Waals surface area contributed by atoms with Crippen molar-refractivity contribution in [1.29, 1.82) is 0 Å². The molecule has 1 N–H and O–H groups in total. The number of nitro groups is 1. The predicted octanol–water partition coefficient (Wildman–Crippen LogP) is 5.89. The minimum Gasteiger partial charge on any atom is -0.489 e. The number of rotatable bonds is 6. The highest BCUT2D eigenvalue weighted by Gasteiger charge is 2.36. The Balaban J connectivity index is 1.81. The molecule has 0 unspecified atom stereocenters. The molecule has 1 aliphatic carbocycles. The Morgan fingerprint density at radius 2 is 1.89 bits per heavy atom. The van der Waals surface area contributed by atoms with Gasteiger partial charge in [0.05, 0.1) is 16.6 Å². The number of nitrogens with one attached hydrogen (secondary N) is 1. The highest BCUT2D eigenvalue weighted by atomic mass is 19.4. The van der Waals surface area contributed by atoms with Gasteiger partial charge in [-0.15, -0.1) is 0 Å². The van der Waals surface area contributed by atoms with Gasteiger partial charge in [-0.05, 0) is 48.1 Å². The fraction of sp³-hybridized carbons (Fsp3) is 0.400. The summed E-state index contributed by atoms with van der Waals surface area (Å²) >= 11 is 0. The summed E-state index contributed by atoms with van der Waals surface area (Å²) in [7, 11) is 1.56. The maximum absolute atomic E-state index is 13.5. The number of nitro benzene ring substituents is 1. The van der Waals surface area contributed by atoms with Crippen LogP contribution >= 0.6 is 0 Å². The molecular weight excluding hydrogens is 373 g/mol. The highest BCUT2D eigenvalue weighted by Crippen LogP contribution is 2.42. The number of ether oxygens (including phenoxy) is 1. The fourth-order valence-corrected chi connectivity index (χ4v) is 3.66. The lowest BCUT2D eigenvalue weighted by atomic mass is 9.91. The van der Waals surface area contributed by atoms with Gasteiger partial charge >= 0.3 is 6.18 Å². The van der Waals surface area contributed by atoms with Crippen molar-refractivity contribution in [1.82, 2.24) is 0 Å². The second-order valence-corrected chi connectivity index (χ2v) is 6.88. The number of halogens is 3. The molecule has 28 heavy (non-hydrogen) atoms. The van der Waals surface area contributed by atoms with Gasteiger partial charge in [-0.1, -0.05) is 25.0 Å². The van der Waals surface area contributed by atoms with Gasteiger partial charge in [0.15, 0.2) is 0 Å². The molecule has 0 radical (unpaired) electrons. The number of anilines is 1. The smallest absolute Gasteiger partial charge is 0.416 e. The van der Waals surface area contributed by atoms with Crippen LogP contribution in [0.4, 0.5) is 24.5 Å². The Hall–Kier alpha value is -2.77. The zero-order valence-electron chi connectivity index (χ0n) is 15.4. The van der Waals surface area contributed by atoms with Crippen LogP contribution in [0.2, 0.25) is 0 Å². The van der Waals surface area contributed by atoms with Crippen LogP contribution in [0.1, 0.15) is 48.3 Å². The van der Waals surface area contributed by atoms with Crippen molar-refractivity contribution >= 4 is 11.4 Å². The summed E-state index contributed by atoms with van der Waals surface area (Å²) in [4.78, 5) is 10.6. The molecular formula is C20H21F3N2O3. The lowest BCUT2D eigenvalue weighted by Gasteiger charge is -2.19. The SMILES string of the molecule is CNc1ccc(OCc2ccc(C3CCCC3)c(C(F)(F)F)c2)cc1[N+](=O)[O-]. The molecule has 0 aliphatic heterocycles. The lowest BCUT2D eigenvalue weighted by Crippen LogP contribution is -2.12. The summed E-state index contributed by atoms with van der Waals surface area (Å²) < 4.78 is 46.2. The zero-order chi connectivity index (χ0) is 20.3. The quantitative estimate of drug-likeness (QED) is 0.490. The maximum Gasteiger partial charge on any atom is 0.416 e. The molecule has 2 aromatic carbocycles. The minimum atomic E-state index is -4.43. The molecule has 3 rings (SSSR count). The van der Waals surface area contributed by atoms with Gasteiger partial charge < -0.3 is 10.1 Å². The molecule has 0 bridgehead atoms. The second-order valence-electron chi connectivity index (χ2n) is 6.88. The molecule has 5 nitrogen and oxygen atoms in total. The predicted molar refractivity (Wildman–Crippen MR) is 99.6 cm³/mol. The highest BCUT2D eigenvalue weighted by molar-refractivity contribution is 5.63. The van der Waals surface area contributed by atoms with Gasteiger partial charge in [-0.2, -0.15) is 13.2 Å². The van der Waals surface area contributed by atoms with Crippen molar-refractivity contribution in [3.63, 3.8) is 0 Å². The second kappa shape index (κ2) is 8.08. The van der Waals surface area contributed by atoms with Gasteiger partial charge in [-0.25, -0.2) is 0 Å². The third-order valence-corrected chi connectivity index (χ3v) is 5.06. The topological polar surface area (TPSA) is 64.4 Å². The first-order chi connectivity index (χ1) is 13.3. The Morgan fingerprint density at radius 1 is 1.18 bits per heavy atom. The monoisotopic (exact) mass is 394 g/mol. The van der Waals surface area contributed by atoms with E-state index in [9.17, 15) is 23.3 Å². The van der Waals surface area contributed by atoms with Crippen molar-refractivity contribution in [2.45, 2.75) is 44.4 Å². The average molecular weight is 394 g/mol. The van der Waals surface area contributed by atoms with E-state index in [1.54, 1.807) is 19.2 Å². The van der Waals surface area contributed by atoms with Crippen LogP contribution in [0.3, 0.4) is 0 Å². The van der Waals surface area contributed by atoms with E-state index >= 15 is 0 Å². The van der Waals surface area contributed by atoms with Crippen LogP contribution < -0.4 is 10.1 Å². The summed E-state index contributed by atoms with van der Waals surface area (Å²) in [5.74, 6) is 0.169. The molecule has 8 heteroatoms. The first kappa shape index (κ1) is 20.0. The van der Waals surface area contributed by atoms with Gasteiger partial charge in [0.1, 0.15) is 18.0 Å². The summed E-state index contributed by atoms with van der Waals surface area (Å²) in [6, 6.07) is 8.60. The van der Waals surface area contributed by atoms with Crippen LogP contribution in [0, 0.1) is 10.1 Å². The first-order valence-electron chi connectivity index (χ1n) is 9.08. The van der Waals surface area contributed by atoms with Gasteiger partial charge in [-0.3, -0.25) is 10.1 Å². The summed E-state index contributed by atoms with van der Waals surface area (Å²) in [5, 5.41) is 13.8. The van der Waals surface area contributed by atoms with Crippen LogP contribution in [0.25, 0.3) is 0 Å². The van der Waals surface area contributed by atoms with E-state index < -0.39 is 16.7 Å². The number of benzene rings is 2. The molecule has 0 amide bonds. The molecule has 150 valence electrons. The van der Waals surface area contributed by atoms with Crippen molar-refractivity contribution < 1.29 is 22.8 Å². The summed E-state index contributed by atoms with van der Waals surface area (Å²) in [5.41, 5.74) is 0.277. The lowest BCUT2D eigenvalue weighted by molar-refractivity contribution is -0.384. The molecule has 0 spiro atoms. The summed E-state index contributed by atoms with van der Waals surface area (Å²) in [6.07, 6.45) is -0.968. The summed E-state index contributed by atoms with van der Waals surface area (Å²) in [6.45, 7) is -0.107. The Kier molecular flexibility index (Phi) is 5.76. The van der Waals surface area contributed by atoms with Crippen molar-refractivity contribution in [3.8, 4) is 5.75 Å². The number of hydrogen-bond donors (Lipinski definition) is 1. The zero-order valence-corrected chi connectivity index (χ0v) is 15.4. The van der Waals surface area contributed by atoms with Crippen LogP contribution in [0.5, 0.6) is 5.75 Å². The first-order valence-corrected chi connectivity index (χ1v) is 9.08. The largest absolute Gasteiger partial charge is 0.489 e. The van der Waals surface area contributed by atoms with Crippen molar-refractivity contribution in [2.75, 3.05) is 12.4 Å². The van der Waals surface area contributed by atoms with E-state index in [2.05, 4.69) is 5.32 Å². The average Bonchev–Trinajstić information content (AvgIpc) is 3.19.